The molecule has 106 valence electrons. The first kappa shape index (κ1) is 15.7. The molecule has 0 fully saturated rings. The van der Waals surface area contributed by atoms with Gasteiger partial charge in [0.15, 0.2) is 0 Å². The molecule has 0 aliphatic heterocycles. The summed E-state index contributed by atoms with van der Waals surface area (Å²) in [7, 11) is 0. The van der Waals surface area contributed by atoms with Gasteiger partial charge in [0, 0.05) is 12.1 Å². The third-order valence-corrected chi connectivity index (χ3v) is 3.98. The van der Waals surface area contributed by atoms with Crippen LogP contribution in [0.5, 0.6) is 0 Å². The van der Waals surface area contributed by atoms with E-state index in [0.717, 1.165) is 18.5 Å². The number of halogens is 4. The molecule has 6 heteroatoms. The van der Waals surface area contributed by atoms with Gasteiger partial charge in [0.05, 0.1) is 25.8 Å². The highest BCUT2D eigenvalue weighted by molar-refractivity contribution is 6.42. The van der Waals surface area contributed by atoms with E-state index in [1.807, 2.05) is 6.07 Å². The van der Waals surface area contributed by atoms with Crippen LogP contribution < -0.4 is 5.32 Å². The molecule has 1 aromatic heterocycles. The number of hydrogen-bond acceptors (Lipinski definition) is 2. The van der Waals surface area contributed by atoms with Crippen molar-refractivity contribution < 1.29 is 0 Å². The van der Waals surface area contributed by atoms with E-state index in [0.29, 0.717) is 31.6 Å². The predicted octanol–water partition coefficient (Wildman–Crippen LogP) is 6.18. The topological polar surface area (TPSA) is 24.9 Å². The Labute approximate surface area is 138 Å². The van der Waals surface area contributed by atoms with E-state index in [2.05, 4.69) is 17.2 Å². The Morgan fingerprint density at radius 2 is 1.70 bits per heavy atom. The van der Waals surface area contributed by atoms with Crippen LogP contribution in [0.25, 0.3) is 11.3 Å². The first-order valence-electron chi connectivity index (χ1n) is 6.08. The van der Waals surface area contributed by atoms with E-state index in [9.17, 15) is 0 Å². The average Bonchev–Trinajstić information content (AvgIpc) is 2.41. The summed E-state index contributed by atoms with van der Waals surface area (Å²) in [5, 5.41) is 5.08. The van der Waals surface area contributed by atoms with Crippen LogP contribution in [0.3, 0.4) is 0 Å². The quantitative estimate of drug-likeness (QED) is 0.712. The van der Waals surface area contributed by atoms with Gasteiger partial charge in [-0.25, -0.2) is 4.98 Å². The van der Waals surface area contributed by atoms with Crippen molar-refractivity contribution in [3.63, 3.8) is 0 Å². The maximum absolute atomic E-state index is 6.21. The van der Waals surface area contributed by atoms with Crippen molar-refractivity contribution in [1.82, 2.24) is 4.98 Å². The molecular formula is C14H12Cl4N2. The molecule has 1 N–H and O–H groups in total. The fourth-order valence-electron chi connectivity index (χ4n) is 1.68. The minimum atomic E-state index is 0.458. The SMILES string of the molecule is CCCNc1nc(-c2ccc(Cl)c(Cl)c2)c(Cl)cc1Cl. The molecule has 0 radical (unpaired) electrons. The van der Waals surface area contributed by atoms with Gasteiger partial charge in [-0.2, -0.15) is 0 Å². The van der Waals surface area contributed by atoms with Crippen molar-refractivity contribution >= 4 is 52.2 Å². The molecule has 0 aliphatic carbocycles. The van der Waals surface area contributed by atoms with Gasteiger partial charge in [0.1, 0.15) is 5.82 Å². The van der Waals surface area contributed by atoms with Crippen molar-refractivity contribution in [2.75, 3.05) is 11.9 Å². The number of nitrogens with one attached hydrogen (secondary N) is 1. The second-order valence-corrected chi connectivity index (χ2v) is 5.83. The molecule has 0 aliphatic rings. The van der Waals surface area contributed by atoms with E-state index >= 15 is 0 Å². The predicted molar refractivity (Wildman–Crippen MR) is 88.5 cm³/mol. The zero-order chi connectivity index (χ0) is 14.7. The first-order chi connectivity index (χ1) is 9.52. The first-order valence-corrected chi connectivity index (χ1v) is 7.59. The highest BCUT2D eigenvalue weighted by Crippen LogP contribution is 2.35. The Morgan fingerprint density at radius 1 is 0.950 bits per heavy atom. The molecule has 1 heterocycles. The van der Waals surface area contributed by atoms with Gasteiger partial charge in [-0.1, -0.05) is 59.4 Å². The highest BCUT2D eigenvalue weighted by atomic mass is 35.5. The number of benzene rings is 1. The molecule has 0 saturated heterocycles. The van der Waals surface area contributed by atoms with Crippen LogP contribution in [0.1, 0.15) is 13.3 Å². The van der Waals surface area contributed by atoms with E-state index in [1.165, 1.54) is 0 Å². The maximum atomic E-state index is 6.21. The molecule has 0 bridgehead atoms. The lowest BCUT2D eigenvalue weighted by Crippen LogP contribution is -2.03. The van der Waals surface area contributed by atoms with E-state index in [4.69, 9.17) is 46.4 Å². The summed E-state index contributed by atoms with van der Waals surface area (Å²) in [4.78, 5) is 4.47. The van der Waals surface area contributed by atoms with Gasteiger partial charge in [-0.05, 0) is 24.6 Å². The number of anilines is 1. The van der Waals surface area contributed by atoms with Crippen LogP contribution in [0, 0.1) is 0 Å². The van der Waals surface area contributed by atoms with Crippen molar-refractivity contribution in [1.29, 1.82) is 0 Å². The number of nitrogens with zero attached hydrogens (tertiary/aromatic N) is 1. The molecule has 0 unspecified atom stereocenters. The number of pyridine rings is 1. The largest absolute Gasteiger partial charge is 0.369 e. The summed E-state index contributed by atoms with van der Waals surface area (Å²) < 4.78 is 0. The zero-order valence-electron chi connectivity index (χ0n) is 10.7. The van der Waals surface area contributed by atoms with Crippen molar-refractivity contribution in [3.05, 3.63) is 44.4 Å². The van der Waals surface area contributed by atoms with Gasteiger partial charge in [0.25, 0.3) is 0 Å². The van der Waals surface area contributed by atoms with E-state index < -0.39 is 0 Å². The minimum absolute atomic E-state index is 0.458. The molecule has 0 amide bonds. The van der Waals surface area contributed by atoms with Crippen molar-refractivity contribution in [2.24, 2.45) is 0 Å². The third-order valence-electron chi connectivity index (χ3n) is 2.66. The normalized spacial score (nSPS) is 10.7. The Balaban J connectivity index is 2.47. The van der Waals surface area contributed by atoms with Crippen LogP contribution in [-0.2, 0) is 0 Å². The molecule has 0 spiro atoms. The third kappa shape index (κ3) is 3.50. The van der Waals surface area contributed by atoms with Crippen LogP contribution in [0.4, 0.5) is 5.82 Å². The highest BCUT2D eigenvalue weighted by Gasteiger charge is 2.12. The maximum Gasteiger partial charge on any atom is 0.145 e. The summed E-state index contributed by atoms with van der Waals surface area (Å²) >= 11 is 24.3. The van der Waals surface area contributed by atoms with Crippen LogP contribution in [0.2, 0.25) is 20.1 Å². The van der Waals surface area contributed by atoms with Gasteiger partial charge in [-0.15, -0.1) is 0 Å². The number of rotatable bonds is 4. The molecule has 2 aromatic rings. The zero-order valence-corrected chi connectivity index (χ0v) is 13.7. The summed E-state index contributed by atoms with van der Waals surface area (Å²) in [5.74, 6) is 0.610. The Hall–Kier alpha value is -0.670. The van der Waals surface area contributed by atoms with Gasteiger partial charge in [0.2, 0.25) is 0 Å². The summed E-state index contributed by atoms with van der Waals surface area (Å²) in [6.07, 6.45) is 0.975. The van der Waals surface area contributed by atoms with Gasteiger partial charge < -0.3 is 5.32 Å². The van der Waals surface area contributed by atoms with Crippen LogP contribution in [0.15, 0.2) is 24.3 Å². The second-order valence-electron chi connectivity index (χ2n) is 4.20. The average molecular weight is 350 g/mol. The number of hydrogen-bond donors (Lipinski definition) is 1. The number of aromatic nitrogens is 1. The minimum Gasteiger partial charge on any atom is -0.369 e. The fourth-order valence-corrected chi connectivity index (χ4v) is 2.51. The Kier molecular flexibility index (Phi) is 5.39. The van der Waals surface area contributed by atoms with Crippen molar-refractivity contribution in [2.45, 2.75) is 13.3 Å². The molecular weight excluding hydrogens is 338 g/mol. The van der Waals surface area contributed by atoms with Crippen LogP contribution in [-0.4, -0.2) is 11.5 Å². The molecule has 0 saturated carbocycles. The van der Waals surface area contributed by atoms with Gasteiger partial charge >= 0.3 is 0 Å². The lowest BCUT2D eigenvalue weighted by atomic mass is 10.1. The molecule has 1 aromatic carbocycles. The van der Waals surface area contributed by atoms with Crippen LogP contribution >= 0.6 is 46.4 Å². The molecule has 2 nitrogen and oxygen atoms in total. The van der Waals surface area contributed by atoms with Crippen molar-refractivity contribution in [3.8, 4) is 11.3 Å². The molecule has 2 rings (SSSR count). The monoisotopic (exact) mass is 348 g/mol. The summed E-state index contributed by atoms with van der Waals surface area (Å²) in [6.45, 7) is 2.85. The molecule has 20 heavy (non-hydrogen) atoms. The van der Waals surface area contributed by atoms with Gasteiger partial charge in [-0.3, -0.25) is 0 Å². The summed E-state index contributed by atoms with van der Waals surface area (Å²) in [5.41, 5.74) is 1.41. The smallest absolute Gasteiger partial charge is 0.145 e. The molecule has 0 atom stereocenters. The summed E-state index contributed by atoms with van der Waals surface area (Å²) in [6, 6.07) is 6.94. The Bertz CT molecular complexity index is 629. The second kappa shape index (κ2) is 6.86. The van der Waals surface area contributed by atoms with E-state index in [1.54, 1.807) is 18.2 Å². The lowest BCUT2D eigenvalue weighted by molar-refractivity contribution is 0.970. The lowest BCUT2D eigenvalue weighted by Gasteiger charge is -2.11. The Morgan fingerprint density at radius 3 is 2.35 bits per heavy atom. The van der Waals surface area contributed by atoms with E-state index in [-0.39, 0.29) is 0 Å². The fraction of sp³-hybridized carbons (Fsp3) is 0.214. The standard InChI is InChI=1S/C14H12Cl4N2/c1-2-5-19-14-12(18)7-11(17)13(20-14)8-3-4-9(15)10(16)6-8/h3-4,6-7H,2,5H2,1H3,(H,19,20).